The highest BCUT2D eigenvalue weighted by molar-refractivity contribution is 6.14. The number of nitrogens with zero attached hydrogens (tertiary/aromatic N) is 5. The number of carbonyl (C=O) groups is 1. The van der Waals surface area contributed by atoms with Crippen LogP contribution < -0.4 is 9.64 Å². The number of pyridine rings is 1. The zero-order valence-electron chi connectivity index (χ0n) is 20.1. The molecule has 0 spiro atoms. The van der Waals surface area contributed by atoms with Crippen LogP contribution in [0.4, 0.5) is 5.95 Å². The van der Waals surface area contributed by atoms with Crippen LogP contribution in [0.25, 0.3) is 10.9 Å². The van der Waals surface area contributed by atoms with Gasteiger partial charge in [0.05, 0.1) is 18.7 Å². The van der Waals surface area contributed by atoms with E-state index in [1.807, 2.05) is 43.5 Å². The van der Waals surface area contributed by atoms with E-state index in [0.29, 0.717) is 23.9 Å². The monoisotopic (exact) mass is 470 g/mol. The summed E-state index contributed by atoms with van der Waals surface area (Å²) in [6, 6.07) is 11.6. The highest BCUT2D eigenvalue weighted by atomic mass is 16.5. The van der Waals surface area contributed by atoms with Crippen molar-refractivity contribution in [2.45, 2.75) is 32.2 Å². The van der Waals surface area contributed by atoms with Crippen molar-refractivity contribution >= 4 is 22.8 Å². The zero-order chi connectivity index (χ0) is 24.2. The second-order valence-electron chi connectivity index (χ2n) is 8.91. The number of amides is 1. The van der Waals surface area contributed by atoms with Gasteiger partial charge in [-0.25, -0.2) is 15.0 Å². The number of ether oxygens (including phenoxy) is 1. The number of piperidine rings is 1. The number of anilines is 1. The van der Waals surface area contributed by atoms with Crippen LogP contribution in [-0.4, -0.2) is 57.5 Å². The molecule has 1 amide bonds. The van der Waals surface area contributed by atoms with Gasteiger partial charge in [-0.3, -0.25) is 14.6 Å². The van der Waals surface area contributed by atoms with Crippen molar-refractivity contribution in [2.75, 3.05) is 31.6 Å². The number of aromatic nitrogens is 4. The van der Waals surface area contributed by atoms with E-state index in [0.717, 1.165) is 48.0 Å². The average Bonchev–Trinajstić information content (AvgIpc) is 3.36. The fourth-order valence-corrected chi connectivity index (χ4v) is 4.91. The minimum Gasteiger partial charge on any atom is -0.481 e. The van der Waals surface area contributed by atoms with Crippen LogP contribution in [0, 0.1) is 6.92 Å². The molecule has 4 heterocycles. The molecule has 3 aromatic heterocycles. The first-order chi connectivity index (χ1) is 17.2. The number of methoxy groups -OCH3 is 1. The normalized spacial score (nSPS) is 15.1. The lowest BCUT2D eigenvalue weighted by Crippen LogP contribution is -2.43. The van der Waals surface area contributed by atoms with Crippen molar-refractivity contribution in [3.63, 3.8) is 0 Å². The molecule has 180 valence electrons. The number of rotatable bonds is 7. The Hall–Kier alpha value is -3.78. The molecule has 1 aliphatic rings. The predicted octanol–water partition coefficient (Wildman–Crippen LogP) is 4.54. The molecule has 1 fully saturated rings. The largest absolute Gasteiger partial charge is 0.481 e. The fraction of sp³-hybridized carbons (Fsp3) is 0.333. The summed E-state index contributed by atoms with van der Waals surface area (Å²) in [6.07, 6.45) is 10.5. The molecule has 1 aliphatic heterocycles. The third-order valence-electron chi connectivity index (χ3n) is 6.72. The van der Waals surface area contributed by atoms with E-state index >= 15 is 0 Å². The number of fused-ring (bicyclic) bond motifs is 1. The summed E-state index contributed by atoms with van der Waals surface area (Å²) in [4.78, 5) is 34.9. The van der Waals surface area contributed by atoms with Crippen LogP contribution in [-0.2, 0) is 0 Å². The summed E-state index contributed by atoms with van der Waals surface area (Å²) in [6.45, 7) is 4.38. The second-order valence-corrected chi connectivity index (χ2v) is 8.91. The third kappa shape index (κ3) is 4.74. The maximum atomic E-state index is 14.1. The van der Waals surface area contributed by atoms with Crippen LogP contribution in [0.5, 0.6) is 5.88 Å². The Labute approximate surface area is 205 Å². The Morgan fingerprint density at radius 2 is 1.89 bits per heavy atom. The van der Waals surface area contributed by atoms with Gasteiger partial charge in [0.25, 0.3) is 5.91 Å². The van der Waals surface area contributed by atoms with Crippen LogP contribution in [0.1, 0.15) is 46.8 Å². The van der Waals surface area contributed by atoms with Crippen molar-refractivity contribution in [1.82, 2.24) is 24.8 Å². The van der Waals surface area contributed by atoms with E-state index in [9.17, 15) is 4.79 Å². The van der Waals surface area contributed by atoms with Gasteiger partial charge in [0.1, 0.15) is 0 Å². The van der Waals surface area contributed by atoms with Crippen LogP contribution >= 0.6 is 0 Å². The van der Waals surface area contributed by atoms with Gasteiger partial charge in [-0.1, -0.05) is 24.6 Å². The van der Waals surface area contributed by atoms with E-state index in [1.54, 1.807) is 36.7 Å². The van der Waals surface area contributed by atoms with E-state index in [4.69, 9.17) is 4.74 Å². The molecule has 0 aliphatic carbocycles. The molecule has 5 rings (SSSR count). The third-order valence-corrected chi connectivity index (χ3v) is 6.72. The molecule has 1 aromatic carbocycles. The van der Waals surface area contributed by atoms with E-state index in [1.165, 1.54) is 6.42 Å². The summed E-state index contributed by atoms with van der Waals surface area (Å²) in [5, 5.41) is 0.930. The van der Waals surface area contributed by atoms with Gasteiger partial charge in [-0.15, -0.1) is 0 Å². The first kappa shape index (κ1) is 23.0. The summed E-state index contributed by atoms with van der Waals surface area (Å²) >= 11 is 0. The van der Waals surface area contributed by atoms with Crippen molar-refractivity contribution in [2.24, 2.45) is 0 Å². The van der Waals surface area contributed by atoms with Gasteiger partial charge in [0.2, 0.25) is 11.8 Å². The molecule has 8 heteroatoms. The number of nitrogens with one attached hydrogen (secondary N) is 1. The first-order valence-corrected chi connectivity index (χ1v) is 12.1. The Morgan fingerprint density at radius 1 is 1.09 bits per heavy atom. The van der Waals surface area contributed by atoms with Gasteiger partial charge in [0.15, 0.2) is 0 Å². The number of aryl methyl sites for hydroxylation is 1. The van der Waals surface area contributed by atoms with Gasteiger partial charge >= 0.3 is 0 Å². The van der Waals surface area contributed by atoms with Gasteiger partial charge in [0, 0.05) is 48.3 Å². The minimum atomic E-state index is -0.125. The highest BCUT2D eigenvalue weighted by Crippen LogP contribution is 2.30. The molecule has 1 N–H and O–H groups in total. The Bertz CT molecular complexity index is 1280. The maximum Gasteiger partial charge on any atom is 0.262 e. The van der Waals surface area contributed by atoms with Crippen LogP contribution in [0.3, 0.4) is 0 Å². The molecule has 1 unspecified atom stereocenters. The fourth-order valence-electron chi connectivity index (χ4n) is 4.91. The number of hydrogen-bond acceptors (Lipinski definition) is 6. The molecule has 0 saturated carbocycles. The average molecular weight is 471 g/mol. The lowest BCUT2D eigenvalue weighted by atomic mass is 10.0. The van der Waals surface area contributed by atoms with E-state index in [-0.39, 0.29) is 11.9 Å². The van der Waals surface area contributed by atoms with Crippen molar-refractivity contribution in [3.05, 3.63) is 77.9 Å². The highest BCUT2D eigenvalue weighted by Gasteiger charge is 2.30. The minimum absolute atomic E-state index is 0.0484. The molecular weight excluding hydrogens is 440 g/mol. The standard InChI is InChI=1S/C27H30N6O2/c1-19-8-6-9-22-25(19)21(17-30-22)26(34)33(27-28-12-7-13-29-27)18-23(32-14-4-3-5-15-32)20-10-11-24(35-2)31-16-20/h6-13,16-17,23,30H,3-5,14-15,18H2,1-2H3. The Morgan fingerprint density at radius 3 is 2.60 bits per heavy atom. The second kappa shape index (κ2) is 10.2. The van der Waals surface area contributed by atoms with Crippen molar-refractivity contribution in [3.8, 4) is 5.88 Å². The Kier molecular flexibility index (Phi) is 6.72. The number of likely N-dealkylation sites (tertiary alicyclic amines) is 1. The van der Waals surface area contributed by atoms with Gasteiger partial charge in [-0.05, 0) is 56.1 Å². The molecule has 35 heavy (non-hydrogen) atoms. The zero-order valence-corrected chi connectivity index (χ0v) is 20.1. The van der Waals surface area contributed by atoms with E-state index < -0.39 is 0 Å². The van der Waals surface area contributed by atoms with Crippen molar-refractivity contribution < 1.29 is 9.53 Å². The molecule has 0 radical (unpaired) electrons. The summed E-state index contributed by atoms with van der Waals surface area (Å²) in [5.41, 5.74) is 3.65. The Balaban J connectivity index is 1.56. The smallest absolute Gasteiger partial charge is 0.262 e. The number of aromatic amines is 1. The maximum absolute atomic E-state index is 14.1. The van der Waals surface area contributed by atoms with Crippen LogP contribution in [0.2, 0.25) is 0 Å². The first-order valence-electron chi connectivity index (χ1n) is 12.1. The number of hydrogen-bond donors (Lipinski definition) is 1. The predicted molar refractivity (Wildman–Crippen MR) is 136 cm³/mol. The van der Waals surface area contributed by atoms with Gasteiger partial charge < -0.3 is 9.72 Å². The number of H-pyrrole nitrogens is 1. The molecule has 1 atom stereocenters. The topological polar surface area (TPSA) is 87.2 Å². The summed E-state index contributed by atoms with van der Waals surface area (Å²) < 4.78 is 5.27. The lowest BCUT2D eigenvalue weighted by Gasteiger charge is -2.37. The summed E-state index contributed by atoms with van der Waals surface area (Å²) in [5.74, 6) is 0.837. The summed E-state index contributed by atoms with van der Waals surface area (Å²) in [7, 11) is 1.61. The molecule has 0 bridgehead atoms. The van der Waals surface area contributed by atoms with Crippen LogP contribution in [0.15, 0.2) is 61.2 Å². The number of carbonyl (C=O) groups excluding carboxylic acids is 1. The lowest BCUT2D eigenvalue weighted by molar-refractivity contribution is 0.0967. The molecular formula is C27H30N6O2. The molecule has 4 aromatic rings. The molecule has 1 saturated heterocycles. The number of benzene rings is 1. The SMILES string of the molecule is COc1ccc(C(CN(C(=O)c2c[nH]c3cccc(C)c23)c2ncccn2)N2CCCCC2)cn1. The quantitative estimate of drug-likeness (QED) is 0.427. The molecule has 8 nitrogen and oxygen atoms in total. The van der Waals surface area contributed by atoms with Crippen molar-refractivity contribution in [1.29, 1.82) is 0 Å². The van der Waals surface area contributed by atoms with Gasteiger partial charge in [-0.2, -0.15) is 0 Å². The van der Waals surface area contributed by atoms with E-state index in [2.05, 4.69) is 24.8 Å².